The van der Waals surface area contributed by atoms with Gasteiger partial charge in [-0.15, -0.1) is 0 Å². The number of thiazole rings is 1. The number of esters is 2. The Balaban J connectivity index is 1.72. The number of aromatic nitrogens is 1. The second-order valence-electron chi connectivity index (χ2n) is 7.99. The first kappa shape index (κ1) is 23.4. The molecule has 1 aliphatic rings. The van der Waals surface area contributed by atoms with Crippen LogP contribution in [-0.2, 0) is 9.47 Å². The molecular weight excluding hydrogens is 484 g/mol. The van der Waals surface area contributed by atoms with Crippen LogP contribution in [0.3, 0.4) is 0 Å². The summed E-state index contributed by atoms with van der Waals surface area (Å²) in [5.74, 6) is -1.70. The van der Waals surface area contributed by atoms with Crippen molar-refractivity contribution in [3.8, 4) is 0 Å². The molecule has 9 nitrogen and oxygen atoms in total. The fraction of sp³-hybridized carbons (Fsp3) is 0.192. The number of carbonyl (C=O) groups excluding carboxylic acids is 3. The van der Waals surface area contributed by atoms with Crippen LogP contribution in [0, 0.1) is 6.92 Å². The Labute approximate surface area is 208 Å². The molecule has 4 aromatic rings. The van der Waals surface area contributed by atoms with Gasteiger partial charge in [-0.25, -0.2) is 14.6 Å². The van der Waals surface area contributed by atoms with Gasteiger partial charge in [0, 0.05) is 0 Å². The van der Waals surface area contributed by atoms with E-state index in [0.29, 0.717) is 27.8 Å². The van der Waals surface area contributed by atoms with E-state index in [1.807, 2.05) is 0 Å². The molecule has 0 bridgehead atoms. The van der Waals surface area contributed by atoms with E-state index in [1.165, 1.54) is 12.0 Å². The van der Waals surface area contributed by atoms with E-state index in [-0.39, 0.29) is 33.4 Å². The lowest BCUT2D eigenvalue weighted by molar-refractivity contribution is 0.0529. The molecule has 182 valence electrons. The van der Waals surface area contributed by atoms with Crippen molar-refractivity contribution in [1.82, 2.24) is 4.98 Å². The molecule has 0 fully saturated rings. The number of hydrogen-bond acceptors (Lipinski definition) is 9. The monoisotopic (exact) mass is 504 g/mol. The number of fused-ring (bicyclic) bond motifs is 2. The number of anilines is 1. The largest absolute Gasteiger partial charge is 0.465 e. The van der Waals surface area contributed by atoms with Gasteiger partial charge in [-0.3, -0.25) is 14.5 Å². The van der Waals surface area contributed by atoms with Gasteiger partial charge in [-0.1, -0.05) is 35.6 Å². The molecule has 3 heterocycles. The first-order chi connectivity index (χ1) is 17.3. The number of para-hydroxylation sites is 1. The SMILES string of the molecule is CCOC(=O)c1sc(N2C(=O)c3oc4ccccc4c(=O)c3[C@H]2c2ccc(C(=O)OC)cc2)nc1C. The molecule has 1 atom stereocenters. The van der Waals surface area contributed by atoms with E-state index in [1.54, 1.807) is 62.4 Å². The number of rotatable bonds is 5. The summed E-state index contributed by atoms with van der Waals surface area (Å²) < 4.78 is 15.8. The van der Waals surface area contributed by atoms with Crippen LogP contribution in [0.1, 0.15) is 60.4 Å². The summed E-state index contributed by atoms with van der Waals surface area (Å²) in [6, 6.07) is 12.2. The zero-order valence-corrected chi connectivity index (χ0v) is 20.4. The molecule has 0 spiro atoms. The minimum atomic E-state index is -0.888. The van der Waals surface area contributed by atoms with Crippen LogP contribution in [-0.4, -0.2) is 36.5 Å². The van der Waals surface area contributed by atoms with Crippen LogP contribution in [0.25, 0.3) is 11.0 Å². The van der Waals surface area contributed by atoms with Gasteiger partial charge in [0.05, 0.1) is 42.0 Å². The maximum absolute atomic E-state index is 13.7. The first-order valence-electron chi connectivity index (χ1n) is 11.1. The summed E-state index contributed by atoms with van der Waals surface area (Å²) in [4.78, 5) is 57.7. The Kier molecular flexibility index (Phi) is 5.89. The summed E-state index contributed by atoms with van der Waals surface area (Å²) in [7, 11) is 1.28. The number of benzene rings is 2. The van der Waals surface area contributed by atoms with E-state index >= 15 is 0 Å². The van der Waals surface area contributed by atoms with Crippen molar-refractivity contribution < 1.29 is 28.3 Å². The summed E-state index contributed by atoms with van der Waals surface area (Å²) in [6.45, 7) is 3.54. The molecule has 1 amide bonds. The van der Waals surface area contributed by atoms with E-state index < -0.39 is 23.9 Å². The average molecular weight is 505 g/mol. The highest BCUT2D eigenvalue weighted by molar-refractivity contribution is 7.17. The lowest BCUT2D eigenvalue weighted by atomic mass is 9.98. The molecule has 36 heavy (non-hydrogen) atoms. The lowest BCUT2D eigenvalue weighted by Crippen LogP contribution is -2.29. The molecule has 10 heteroatoms. The van der Waals surface area contributed by atoms with Crippen LogP contribution in [0.15, 0.2) is 57.7 Å². The topological polar surface area (TPSA) is 116 Å². The van der Waals surface area contributed by atoms with Crippen molar-refractivity contribution in [3.63, 3.8) is 0 Å². The highest BCUT2D eigenvalue weighted by Gasteiger charge is 2.45. The highest BCUT2D eigenvalue weighted by Crippen LogP contribution is 2.43. The Bertz CT molecular complexity index is 1590. The molecule has 0 radical (unpaired) electrons. The van der Waals surface area contributed by atoms with Crippen LogP contribution >= 0.6 is 11.3 Å². The third-order valence-electron chi connectivity index (χ3n) is 5.88. The average Bonchev–Trinajstić information content (AvgIpc) is 3.41. The third-order valence-corrected chi connectivity index (χ3v) is 7.01. The summed E-state index contributed by atoms with van der Waals surface area (Å²) in [5.41, 5.74) is 1.39. The molecule has 2 aromatic carbocycles. The van der Waals surface area contributed by atoms with Crippen LogP contribution in [0.4, 0.5) is 5.13 Å². The molecule has 2 aromatic heterocycles. The number of amides is 1. The van der Waals surface area contributed by atoms with E-state index in [9.17, 15) is 19.2 Å². The minimum absolute atomic E-state index is 0.0914. The van der Waals surface area contributed by atoms with Gasteiger partial charge in [-0.2, -0.15) is 0 Å². The molecule has 0 aliphatic carbocycles. The zero-order valence-electron chi connectivity index (χ0n) is 19.6. The normalized spacial score (nSPS) is 14.7. The van der Waals surface area contributed by atoms with E-state index in [4.69, 9.17) is 13.9 Å². The van der Waals surface area contributed by atoms with Gasteiger partial charge in [0.15, 0.2) is 10.6 Å². The standard InChI is InChI=1S/C26H20N2O7S/c1-4-34-25(32)22-13(2)27-26(36-22)28-19(14-9-11-15(12-10-14)24(31)33-3)18-20(29)16-7-5-6-8-17(16)35-21(18)23(28)30/h5-12,19H,4H2,1-3H3/t19-/m1/s1. The van der Waals surface area contributed by atoms with Gasteiger partial charge in [0.2, 0.25) is 5.76 Å². The van der Waals surface area contributed by atoms with Crippen LogP contribution in [0.5, 0.6) is 0 Å². The Morgan fingerprint density at radius 3 is 2.50 bits per heavy atom. The molecule has 0 saturated heterocycles. The summed E-state index contributed by atoms with van der Waals surface area (Å²) in [6.07, 6.45) is 0. The van der Waals surface area contributed by atoms with E-state index in [0.717, 1.165) is 11.3 Å². The first-order valence-corrected chi connectivity index (χ1v) is 11.9. The smallest absolute Gasteiger partial charge is 0.350 e. The maximum Gasteiger partial charge on any atom is 0.350 e. The van der Waals surface area contributed by atoms with Crippen molar-refractivity contribution in [3.05, 3.63) is 91.8 Å². The van der Waals surface area contributed by atoms with Crippen molar-refractivity contribution in [2.24, 2.45) is 0 Å². The number of aryl methyl sites for hydroxylation is 1. The second-order valence-corrected chi connectivity index (χ2v) is 8.97. The zero-order chi connectivity index (χ0) is 25.6. The fourth-order valence-electron chi connectivity index (χ4n) is 4.22. The Hall–Kier alpha value is -4.31. The molecule has 1 aliphatic heterocycles. The molecular formula is C26H20N2O7S. The Morgan fingerprint density at radius 2 is 1.81 bits per heavy atom. The molecule has 5 rings (SSSR count). The maximum atomic E-state index is 13.7. The summed E-state index contributed by atoms with van der Waals surface area (Å²) in [5, 5.41) is 0.557. The minimum Gasteiger partial charge on any atom is -0.465 e. The number of methoxy groups -OCH3 is 1. The third kappa shape index (κ3) is 3.66. The van der Waals surface area contributed by atoms with E-state index in [2.05, 4.69) is 4.98 Å². The van der Waals surface area contributed by atoms with Crippen LogP contribution < -0.4 is 10.3 Å². The highest BCUT2D eigenvalue weighted by atomic mass is 32.1. The van der Waals surface area contributed by atoms with Gasteiger partial charge in [0.1, 0.15) is 10.5 Å². The lowest BCUT2D eigenvalue weighted by Gasteiger charge is -2.22. The predicted molar refractivity (Wildman–Crippen MR) is 132 cm³/mol. The fourth-order valence-corrected chi connectivity index (χ4v) is 5.21. The van der Waals surface area contributed by atoms with Gasteiger partial charge in [0.25, 0.3) is 5.91 Å². The van der Waals surface area contributed by atoms with Gasteiger partial charge >= 0.3 is 11.9 Å². The predicted octanol–water partition coefficient (Wildman–Crippen LogP) is 4.27. The number of ether oxygens (including phenoxy) is 2. The van der Waals surface area contributed by atoms with Crippen LogP contribution in [0.2, 0.25) is 0 Å². The number of carbonyl (C=O) groups is 3. The van der Waals surface area contributed by atoms with Crippen molar-refractivity contribution in [2.75, 3.05) is 18.6 Å². The Morgan fingerprint density at radius 1 is 1.08 bits per heavy atom. The second kappa shape index (κ2) is 9.04. The van der Waals surface area contributed by atoms with Gasteiger partial charge < -0.3 is 13.9 Å². The summed E-state index contributed by atoms with van der Waals surface area (Å²) >= 11 is 1.00. The molecule has 0 saturated carbocycles. The van der Waals surface area contributed by atoms with Crippen molar-refractivity contribution >= 4 is 45.3 Å². The number of hydrogen-bond donors (Lipinski definition) is 0. The molecule has 0 N–H and O–H groups in total. The molecule has 0 unspecified atom stereocenters. The van der Waals surface area contributed by atoms with Crippen molar-refractivity contribution in [2.45, 2.75) is 19.9 Å². The quantitative estimate of drug-likeness (QED) is 0.370. The van der Waals surface area contributed by atoms with Gasteiger partial charge in [-0.05, 0) is 43.7 Å². The number of nitrogens with zero attached hydrogens (tertiary/aromatic N) is 2. The van der Waals surface area contributed by atoms with Crippen molar-refractivity contribution in [1.29, 1.82) is 0 Å².